The lowest BCUT2D eigenvalue weighted by molar-refractivity contribution is 0.175. The zero-order valence-corrected chi connectivity index (χ0v) is 10.1. The fraction of sp³-hybridized carbons (Fsp3) is 0.909. The zero-order valence-electron chi connectivity index (χ0n) is 10.1. The zero-order chi connectivity index (χ0) is 11.4. The van der Waals surface area contributed by atoms with Crippen LogP contribution in [0, 0.1) is 0 Å². The first-order valence-corrected chi connectivity index (χ1v) is 6.35. The first kappa shape index (κ1) is 11.7. The van der Waals surface area contributed by atoms with Gasteiger partial charge >= 0.3 is 0 Å². The largest absolute Gasteiger partial charge is 0.352 e. The van der Waals surface area contributed by atoms with Crippen LogP contribution >= 0.6 is 0 Å². The van der Waals surface area contributed by atoms with Gasteiger partial charge in [0, 0.05) is 25.2 Å². The normalized spacial score (nSPS) is 31.2. The van der Waals surface area contributed by atoms with E-state index in [1.165, 1.54) is 38.8 Å². The van der Waals surface area contributed by atoms with Crippen molar-refractivity contribution in [2.45, 2.75) is 44.7 Å². The Morgan fingerprint density at radius 1 is 1.44 bits per heavy atom. The summed E-state index contributed by atoms with van der Waals surface area (Å²) in [6.45, 7) is 5.28. The van der Waals surface area contributed by atoms with Crippen LogP contribution in [0.3, 0.4) is 0 Å². The van der Waals surface area contributed by atoms with E-state index in [0.29, 0.717) is 6.04 Å². The first-order chi connectivity index (χ1) is 7.83. The molecule has 0 radical (unpaired) electrons. The molecule has 2 fully saturated rings. The van der Waals surface area contributed by atoms with Crippen LogP contribution in [0.2, 0.25) is 0 Å². The van der Waals surface area contributed by atoms with Crippen LogP contribution in [0.5, 0.6) is 0 Å². The second-order valence-corrected chi connectivity index (χ2v) is 4.66. The number of hydrogen-bond donors (Lipinski definition) is 3. The maximum absolute atomic E-state index is 5.43. The molecule has 2 heterocycles. The molecule has 4 N–H and O–H groups in total. The van der Waals surface area contributed by atoms with Crippen molar-refractivity contribution in [1.82, 2.24) is 15.6 Å². The highest BCUT2D eigenvalue weighted by Crippen LogP contribution is 2.26. The Morgan fingerprint density at radius 3 is 3.06 bits per heavy atom. The lowest BCUT2D eigenvalue weighted by atomic mass is 9.98. The number of hydrazine groups is 1. The van der Waals surface area contributed by atoms with Crippen LogP contribution in [0.4, 0.5) is 0 Å². The van der Waals surface area contributed by atoms with E-state index in [0.717, 1.165) is 18.5 Å². The molecule has 0 aromatic rings. The van der Waals surface area contributed by atoms with Crippen molar-refractivity contribution in [3.8, 4) is 0 Å². The summed E-state index contributed by atoms with van der Waals surface area (Å²) in [6, 6.07) is 1.31. The maximum Gasteiger partial charge on any atom is 0.205 e. The molecule has 0 amide bonds. The summed E-state index contributed by atoms with van der Waals surface area (Å²) in [5, 5.41) is 3.41. The molecular formula is C11H23N5. The van der Waals surface area contributed by atoms with Gasteiger partial charge in [0.25, 0.3) is 0 Å². The van der Waals surface area contributed by atoms with E-state index in [-0.39, 0.29) is 0 Å². The number of nitrogens with one attached hydrogen (secondary N) is 2. The summed E-state index contributed by atoms with van der Waals surface area (Å²) >= 11 is 0. The van der Waals surface area contributed by atoms with Crippen LogP contribution in [0.1, 0.15) is 32.6 Å². The maximum atomic E-state index is 5.43. The quantitative estimate of drug-likeness (QED) is 0.269. The van der Waals surface area contributed by atoms with E-state index in [9.17, 15) is 0 Å². The molecule has 2 unspecified atom stereocenters. The Bertz CT molecular complexity index is 253. The third-order valence-corrected chi connectivity index (χ3v) is 3.61. The molecule has 5 nitrogen and oxygen atoms in total. The van der Waals surface area contributed by atoms with Crippen molar-refractivity contribution in [3.63, 3.8) is 0 Å². The summed E-state index contributed by atoms with van der Waals surface area (Å²) in [7, 11) is 0. The number of fused-ring (bicyclic) bond motifs is 1. The number of aliphatic imine (C=N–C) groups is 1. The average Bonchev–Trinajstić information content (AvgIpc) is 2.75. The third-order valence-electron chi connectivity index (χ3n) is 3.61. The number of rotatable bonds is 2. The molecular weight excluding hydrogens is 202 g/mol. The van der Waals surface area contributed by atoms with Crippen molar-refractivity contribution in [2.75, 3.05) is 19.6 Å². The van der Waals surface area contributed by atoms with Crippen molar-refractivity contribution in [2.24, 2.45) is 10.8 Å². The lowest BCUT2D eigenvalue weighted by Gasteiger charge is -2.35. The number of hydrogen-bond acceptors (Lipinski definition) is 3. The van der Waals surface area contributed by atoms with Gasteiger partial charge in [0.15, 0.2) is 0 Å². The van der Waals surface area contributed by atoms with Gasteiger partial charge in [0.2, 0.25) is 5.96 Å². The molecule has 0 saturated carbocycles. The minimum atomic E-state index is 0.528. The van der Waals surface area contributed by atoms with Gasteiger partial charge in [0.1, 0.15) is 0 Å². The van der Waals surface area contributed by atoms with Gasteiger partial charge in [-0.25, -0.2) is 5.84 Å². The molecule has 2 aliphatic heterocycles. The standard InChI is InChI=1S/C11H23N5/c1-2-13-11(15-12)14-9-5-7-16-6-3-4-10(16)8-9/h9-10H,2-8,12H2,1H3,(H2,13,14,15). The summed E-state index contributed by atoms with van der Waals surface area (Å²) in [4.78, 5) is 6.89. The van der Waals surface area contributed by atoms with Crippen molar-refractivity contribution in [1.29, 1.82) is 0 Å². The van der Waals surface area contributed by atoms with Crippen molar-refractivity contribution >= 4 is 5.96 Å². The van der Waals surface area contributed by atoms with Crippen molar-refractivity contribution < 1.29 is 0 Å². The van der Waals surface area contributed by atoms with Gasteiger partial charge in [-0.2, -0.15) is 0 Å². The predicted molar refractivity (Wildman–Crippen MR) is 66.1 cm³/mol. The third kappa shape index (κ3) is 2.65. The molecule has 0 aromatic carbocycles. The van der Waals surface area contributed by atoms with E-state index in [4.69, 9.17) is 5.84 Å². The van der Waals surface area contributed by atoms with Crippen LogP contribution in [-0.2, 0) is 0 Å². The Kier molecular flexibility index (Phi) is 4.01. The van der Waals surface area contributed by atoms with Crippen LogP contribution in [0.25, 0.3) is 0 Å². The molecule has 5 heteroatoms. The molecule has 0 aromatic heterocycles. The molecule has 2 atom stereocenters. The molecule has 0 spiro atoms. The highest BCUT2D eigenvalue weighted by Gasteiger charge is 2.31. The smallest absolute Gasteiger partial charge is 0.205 e. The van der Waals surface area contributed by atoms with Gasteiger partial charge in [-0.15, -0.1) is 0 Å². The van der Waals surface area contributed by atoms with Crippen LogP contribution in [0.15, 0.2) is 4.99 Å². The first-order valence-electron chi connectivity index (χ1n) is 6.35. The minimum absolute atomic E-state index is 0.528. The minimum Gasteiger partial charge on any atom is -0.352 e. The molecule has 92 valence electrons. The van der Waals surface area contributed by atoms with E-state index >= 15 is 0 Å². The van der Waals surface area contributed by atoms with E-state index < -0.39 is 0 Å². The van der Waals surface area contributed by atoms with Gasteiger partial charge in [0.05, 0.1) is 0 Å². The van der Waals surface area contributed by atoms with Gasteiger partial charge in [-0.05, 0) is 39.2 Å². The van der Waals surface area contributed by atoms with Gasteiger partial charge in [-0.1, -0.05) is 0 Å². The Hall–Kier alpha value is -0.810. The number of nitrogens with two attached hydrogens (primary N) is 1. The fourth-order valence-electron chi connectivity index (χ4n) is 2.84. The molecule has 16 heavy (non-hydrogen) atoms. The monoisotopic (exact) mass is 225 g/mol. The molecule has 2 rings (SSSR count). The number of nitrogens with zero attached hydrogens (tertiary/aromatic N) is 2. The van der Waals surface area contributed by atoms with E-state index in [1.807, 2.05) is 6.92 Å². The van der Waals surface area contributed by atoms with Gasteiger partial charge in [-0.3, -0.25) is 10.4 Å². The fourth-order valence-corrected chi connectivity index (χ4v) is 2.84. The highest BCUT2D eigenvalue weighted by molar-refractivity contribution is 5.79. The topological polar surface area (TPSA) is 65.7 Å². The lowest BCUT2D eigenvalue weighted by Crippen LogP contribution is -2.52. The second-order valence-electron chi connectivity index (χ2n) is 4.66. The Labute approximate surface area is 97.4 Å². The summed E-state index contributed by atoms with van der Waals surface area (Å²) < 4.78 is 0. The Balaban J connectivity index is 1.84. The highest BCUT2D eigenvalue weighted by atomic mass is 15.3. The average molecular weight is 225 g/mol. The molecule has 2 saturated heterocycles. The number of piperidine rings is 1. The molecule has 2 aliphatic rings. The molecule has 0 bridgehead atoms. The SMILES string of the molecule is CCN=C(NN)NC1CCN2CCCC2C1. The van der Waals surface area contributed by atoms with Gasteiger partial charge < -0.3 is 10.2 Å². The van der Waals surface area contributed by atoms with Crippen LogP contribution in [-0.4, -0.2) is 42.6 Å². The second kappa shape index (κ2) is 5.50. The van der Waals surface area contributed by atoms with E-state index in [2.05, 4.69) is 20.6 Å². The number of guanidine groups is 1. The summed E-state index contributed by atoms with van der Waals surface area (Å²) in [6.07, 6.45) is 5.14. The summed E-state index contributed by atoms with van der Waals surface area (Å²) in [5.74, 6) is 6.16. The molecule has 0 aliphatic carbocycles. The van der Waals surface area contributed by atoms with Crippen LogP contribution < -0.4 is 16.6 Å². The van der Waals surface area contributed by atoms with Crippen molar-refractivity contribution in [3.05, 3.63) is 0 Å². The summed E-state index contributed by atoms with van der Waals surface area (Å²) in [5.41, 5.74) is 2.64. The van der Waals surface area contributed by atoms with E-state index in [1.54, 1.807) is 0 Å². The Morgan fingerprint density at radius 2 is 2.31 bits per heavy atom. The predicted octanol–water partition coefficient (Wildman–Crippen LogP) is 0.0420.